The van der Waals surface area contributed by atoms with Gasteiger partial charge in [0, 0.05) is 41.6 Å². The molecule has 0 aliphatic carbocycles. The predicted octanol–water partition coefficient (Wildman–Crippen LogP) is 3.18. The van der Waals surface area contributed by atoms with Gasteiger partial charge in [0.1, 0.15) is 23.6 Å². The fraction of sp³-hybridized carbons (Fsp3) is 0.348. The minimum atomic E-state index is -0.126. The van der Waals surface area contributed by atoms with E-state index in [0.717, 1.165) is 52.9 Å². The number of methoxy groups -OCH3 is 2. The summed E-state index contributed by atoms with van der Waals surface area (Å²) < 4.78 is 11.0. The van der Waals surface area contributed by atoms with E-state index in [1.807, 2.05) is 49.5 Å². The molecular weight excluding hydrogens is 352 g/mol. The third kappa shape index (κ3) is 3.16. The van der Waals surface area contributed by atoms with Crippen molar-refractivity contribution in [2.75, 3.05) is 20.8 Å². The van der Waals surface area contributed by atoms with Crippen molar-refractivity contribution in [3.05, 3.63) is 59.8 Å². The number of aromatic amines is 1. The molecule has 28 heavy (non-hydrogen) atoms. The summed E-state index contributed by atoms with van der Waals surface area (Å²) in [6.07, 6.45) is 3.99. The Labute approximate surface area is 165 Å². The van der Waals surface area contributed by atoms with Gasteiger partial charge in [-0.15, -0.1) is 0 Å². The first-order valence-corrected chi connectivity index (χ1v) is 9.82. The fourth-order valence-electron chi connectivity index (χ4n) is 4.53. The standard InChI is InChI=1S/C23H26N2O3/c1-15(23(26)19-14-24-20-8-5-4-7-17(19)20)25-12-6-9-21(25)18-11-10-16(27-2)13-22(18)28-3/h4-5,7-8,10-11,13-15,21,24H,6,9,12H2,1-3H3/p+1/t15-,21-/m1/s1. The minimum Gasteiger partial charge on any atom is -0.497 e. The molecule has 0 saturated carbocycles. The first-order chi connectivity index (χ1) is 13.6. The minimum absolute atomic E-state index is 0.126. The summed E-state index contributed by atoms with van der Waals surface area (Å²) in [6.45, 7) is 3.03. The van der Waals surface area contributed by atoms with Crippen LogP contribution in [0.25, 0.3) is 10.9 Å². The molecule has 1 saturated heterocycles. The number of carbonyl (C=O) groups excluding carboxylic acids is 1. The summed E-state index contributed by atoms with van der Waals surface area (Å²) in [5, 5.41) is 0.997. The number of nitrogens with one attached hydrogen (secondary N) is 2. The fourth-order valence-corrected chi connectivity index (χ4v) is 4.53. The SMILES string of the molecule is COc1ccc([C@H]2CCC[NH+]2[C@H](C)C(=O)c2c[nH]c3ccccc23)c(OC)c1. The van der Waals surface area contributed by atoms with Crippen molar-refractivity contribution < 1.29 is 19.2 Å². The highest BCUT2D eigenvalue weighted by atomic mass is 16.5. The number of Topliss-reactive ketones (excluding diaryl/α,β-unsaturated/α-hetero) is 1. The molecule has 1 unspecified atom stereocenters. The lowest BCUT2D eigenvalue weighted by Crippen LogP contribution is -3.14. The largest absolute Gasteiger partial charge is 0.497 e. The molecular formula is C23H27N2O3+. The van der Waals surface area contributed by atoms with Crippen LogP contribution < -0.4 is 14.4 Å². The topological polar surface area (TPSA) is 55.8 Å². The van der Waals surface area contributed by atoms with Crippen molar-refractivity contribution in [1.82, 2.24) is 4.98 Å². The average molecular weight is 379 g/mol. The van der Waals surface area contributed by atoms with Crippen LogP contribution in [0.3, 0.4) is 0 Å². The van der Waals surface area contributed by atoms with Crippen molar-refractivity contribution >= 4 is 16.7 Å². The summed E-state index contributed by atoms with van der Waals surface area (Å²) in [4.78, 5) is 17.9. The molecule has 2 heterocycles. The summed E-state index contributed by atoms with van der Waals surface area (Å²) in [7, 11) is 3.34. The number of fused-ring (bicyclic) bond motifs is 1. The Morgan fingerprint density at radius 2 is 2.00 bits per heavy atom. The van der Waals surface area contributed by atoms with Gasteiger partial charge in [0.15, 0.2) is 0 Å². The van der Waals surface area contributed by atoms with Crippen molar-refractivity contribution in [3.8, 4) is 11.5 Å². The van der Waals surface area contributed by atoms with Crippen LogP contribution in [-0.4, -0.2) is 37.6 Å². The highest BCUT2D eigenvalue weighted by Crippen LogP contribution is 2.32. The van der Waals surface area contributed by atoms with E-state index < -0.39 is 0 Å². The number of hydrogen-bond acceptors (Lipinski definition) is 3. The lowest BCUT2D eigenvalue weighted by atomic mass is 9.99. The number of para-hydroxylation sites is 1. The van der Waals surface area contributed by atoms with Crippen LogP contribution in [0.2, 0.25) is 0 Å². The molecule has 0 spiro atoms. The molecule has 1 aromatic heterocycles. The van der Waals surface area contributed by atoms with Gasteiger partial charge in [0.05, 0.1) is 26.3 Å². The summed E-state index contributed by atoms with van der Waals surface area (Å²) in [5.74, 6) is 1.80. The average Bonchev–Trinajstić information content (AvgIpc) is 3.39. The Morgan fingerprint density at radius 3 is 2.79 bits per heavy atom. The second-order valence-corrected chi connectivity index (χ2v) is 7.46. The molecule has 0 bridgehead atoms. The number of quaternary nitrogens is 1. The van der Waals surface area contributed by atoms with E-state index in [0.29, 0.717) is 0 Å². The first-order valence-electron chi connectivity index (χ1n) is 9.82. The second kappa shape index (κ2) is 7.68. The van der Waals surface area contributed by atoms with E-state index in [1.54, 1.807) is 14.2 Å². The molecule has 1 fully saturated rings. The molecule has 5 nitrogen and oxygen atoms in total. The maximum Gasteiger partial charge on any atom is 0.221 e. The molecule has 0 radical (unpaired) electrons. The normalized spacial score (nSPS) is 20.2. The third-order valence-electron chi connectivity index (χ3n) is 6.03. The lowest BCUT2D eigenvalue weighted by Gasteiger charge is -2.28. The number of ether oxygens (including phenoxy) is 2. The van der Waals surface area contributed by atoms with E-state index in [1.165, 1.54) is 4.90 Å². The quantitative estimate of drug-likeness (QED) is 0.647. The second-order valence-electron chi connectivity index (χ2n) is 7.46. The number of hydrogen-bond donors (Lipinski definition) is 2. The van der Waals surface area contributed by atoms with Gasteiger partial charge in [-0.3, -0.25) is 4.79 Å². The molecule has 1 aliphatic rings. The van der Waals surface area contributed by atoms with Crippen LogP contribution in [0.5, 0.6) is 11.5 Å². The summed E-state index contributed by atoms with van der Waals surface area (Å²) in [5.41, 5.74) is 2.93. The summed E-state index contributed by atoms with van der Waals surface area (Å²) in [6, 6.07) is 14.1. The molecule has 0 amide bonds. The Hall–Kier alpha value is -2.79. The van der Waals surface area contributed by atoms with Crippen LogP contribution in [0.4, 0.5) is 0 Å². The predicted molar refractivity (Wildman–Crippen MR) is 109 cm³/mol. The first kappa shape index (κ1) is 18.6. The van der Waals surface area contributed by atoms with Gasteiger partial charge < -0.3 is 19.4 Å². The number of benzene rings is 2. The molecule has 2 aromatic carbocycles. The number of likely N-dealkylation sites (tertiary alicyclic amines) is 1. The van der Waals surface area contributed by atoms with Crippen LogP contribution in [-0.2, 0) is 0 Å². The van der Waals surface area contributed by atoms with Crippen LogP contribution in [0, 0.1) is 0 Å². The van der Waals surface area contributed by atoms with Crippen LogP contribution >= 0.6 is 0 Å². The summed E-state index contributed by atoms with van der Waals surface area (Å²) >= 11 is 0. The van der Waals surface area contributed by atoms with Gasteiger partial charge in [0.2, 0.25) is 5.78 Å². The zero-order valence-electron chi connectivity index (χ0n) is 16.6. The maximum absolute atomic E-state index is 13.3. The smallest absolute Gasteiger partial charge is 0.221 e. The number of aromatic nitrogens is 1. The number of H-pyrrole nitrogens is 1. The van der Waals surface area contributed by atoms with E-state index in [4.69, 9.17) is 9.47 Å². The van der Waals surface area contributed by atoms with Crippen molar-refractivity contribution in [3.63, 3.8) is 0 Å². The zero-order chi connectivity index (χ0) is 19.7. The zero-order valence-corrected chi connectivity index (χ0v) is 16.6. The third-order valence-corrected chi connectivity index (χ3v) is 6.03. The Bertz CT molecular complexity index is 994. The van der Waals surface area contributed by atoms with Gasteiger partial charge in [0.25, 0.3) is 0 Å². The van der Waals surface area contributed by atoms with Crippen LogP contribution in [0.1, 0.15) is 41.7 Å². The molecule has 2 N–H and O–H groups in total. The van der Waals surface area contributed by atoms with Crippen molar-refractivity contribution in [2.45, 2.75) is 31.8 Å². The van der Waals surface area contributed by atoms with E-state index >= 15 is 0 Å². The monoisotopic (exact) mass is 379 g/mol. The van der Waals surface area contributed by atoms with Gasteiger partial charge in [-0.2, -0.15) is 0 Å². The Morgan fingerprint density at radius 1 is 1.18 bits per heavy atom. The number of carbonyl (C=O) groups is 1. The number of rotatable bonds is 6. The van der Waals surface area contributed by atoms with Gasteiger partial charge in [-0.25, -0.2) is 0 Å². The molecule has 1 aliphatic heterocycles. The van der Waals surface area contributed by atoms with E-state index in [-0.39, 0.29) is 17.9 Å². The van der Waals surface area contributed by atoms with Crippen LogP contribution in [0.15, 0.2) is 48.7 Å². The molecule has 3 atom stereocenters. The lowest BCUT2D eigenvalue weighted by molar-refractivity contribution is -0.931. The van der Waals surface area contributed by atoms with E-state index in [2.05, 4.69) is 11.1 Å². The Balaban J connectivity index is 1.64. The van der Waals surface area contributed by atoms with Gasteiger partial charge in [-0.05, 0) is 25.1 Å². The molecule has 4 rings (SSSR count). The van der Waals surface area contributed by atoms with E-state index in [9.17, 15) is 4.79 Å². The van der Waals surface area contributed by atoms with Gasteiger partial charge >= 0.3 is 0 Å². The highest BCUT2D eigenvalue weighted by Gasteiger charge is 2.39. The molecule has 5 heteroatoms. The highest BCUT2D eigenvalue weighted by molar-refractivity contribution is 6.09. The molecule has 146 valence electrons. The van der Waals surface area contributed by atoms with Gasteiger partial charge in [-0.1, -0.05) is 18.2 Å². The number of ketones is 1. The Kier molecular flexibility index (Phi) is 5.09. The van der Waals surface area contributed by atoms with Crippen molar-refractivity contribution in [1.29, 1.82) is 0 Å². The van der Waals surface area contributed by atoms with Crippen molar-refractivity contribution in [2.24, 2.45) is 0 Å². The maximum atomic E-state index is 13.3. The molecule has 3 aromatic rings.